The predicted octanol–water partition coefficient (Wildman–Crippen LogP) is 1.94. The van der Waals surface area contributed by atoms with E-state index in [1.165, 1.54) is 12.5 Å². The van der Waals surface area contributed by atoms with Crippen LogP contribution in [0.3, 0.4) is 0 Å². The zero-order valence-corrected chi connectivity index (χ0v) is 8.64. The van der Waals surface area contributed by atoms with Crippen molar-refractivity contribution in [3.05, 3.63) is 42.6 Å². The van der Waals surface area contributed by atoms with Gasteiger partial charge in [-0.15, -0.1) is 0 Å². The summed E-state index contributed by atoms with van der Waals surface area (Å²) in [7, 11) is 1.58. The highest BCUT2D eigenvalue weighted by Gasteiger charge is 2.10. The second-order valence-corrected chi connectivity index (χ2v) is 3.02. The van der Waals surface area contributed by atoms with Gasteiger partial charge >= 0.3 is 5.91 Å². The summed E-state index contributed by atoms with van der Waals surface area (Å²) in [6.07, 6.45) is 2.77. The molecular weight excluding hydrogens is 208 g/mol. The molecule has 0 radical (unpaired) electrons. The van der Waals surface area contributed by atoms with Crippen LogP contribution in [0.1, 0.15) is 10.7 Å². The average Bonchev–Trinajstić information content (AvgIpc) is 2.83. The Balaban J connectivity index is 2.06. The third-order valence-electron chi connectivity index (χ3n) is 1.97. The van der Waals surface area contributed by atoms with Gasteiger partial charge in [-0.1, -0.05) is 0 Å². The average molecular weight is 218 g/mol. The highest BCUT2D eigenvalue weighted by atomic mass is 16.5. The third kappa shape index (κ3) is 2.20. The van der Waals surface area contributed by atoms with E-state index in [4.69, 9.17) is 9.15 Å². The molecule has 0 bridgehead atoms. The van der Waals surface area contributed by atoms with Crippen LogP contribution in [0.5, 0.6) is 5.75 Å². The lowest BCUT2D eigenvalue weighted by atomic mass is 10.3. The Morgan fingerprint density at radius 2 is 2.12 bits per heavy atom. The minimum Gasteiger partial charge on any atom is -0.497 e. The fourth-order valence-corrected chi connectivity index (χ4v) is 1.19. The van der Waals surface area contributed by atoms with Crippen molar-refractivity contribution in [3.63, 3.8) is 0 Å². The summed E-state index contributed by atoms with van der Waals surface area (Å²) in [6.45, 7) is 0. The maximum absolute atomic E-state index is 11.5. The number of oxazole rings is 1. The van der Waals surface area contributed by atoms with Gasteiger partial charge < -0.3 is 14.5 Å². The molecule has 0 fully saturated rings. The molecule has 0 atom stereocenters. The zero-order chi connectivity index (χ0) is 11.4. The largest absolute Gasteiger partial charge is 0.497 e. The van der Waals surface area contributed by atoms with Gasteiger partial charge in [-0.2, -0.15) is 0 Å². The molecule has 0 spiro atoms. The van der Waals surface area contributed by atoms with Crippen LogP contribution < -0.4 is 10.1 Å². The summed E-state index contributed by atoms with van der Waals surface area (Å²) in [5, 5.41) is 2.64. The van der Waals surface area contributed by atoms with Crippen LogP contribution in [-0.4, -0.2) is 18.0 Å². The Hall–Kier alpha value is -2.30. The van der Waals surface area contributed by atoms with Crippen molar-refractivity contribution in [2.24, 2.45) is 0 Å². The van der Waals surface area contributed by atoms with Gasteiger partial charge in [0.2, 0.25) is 0 Å². The lowest BCUT2D eigenvalue weighted by Crippen LogP contribution is -2.11. The quantitative estimate of drug-likeness (QED) is 0.854. The molecule has 0 saturated carbocycles. The maximum atomic E-state index is 11.5. The standard InChI is InChI=1S/C11H10N2O3/c1-15-9-4-2-8(3-5-9)13-10(14)11-12-6-7-16-11/h2-7H,1H3,(H,13,14). The number of carbonyl (C=O) groups is 1. The minimum atomic E-state index is -0.379. The molecule has 1 aromatic carbocycles. The molecule has 0 unspecified atom stereocenters. The van der Waals surface area contributed by atoms with Crippen molar-refractivity contribution in [3.8, 4) is 5.75 Å². The number of rotatable bonds is 3. The van der Waals surface area contributed by atoms with Crippen LogP contribution in [0.25, 0.3) is 0 Å². The first-order valence-electron chi connectivity index (χ1n) is 4.64. The number of hydrogen-bond acceptors (Lipinski definition) is 4. The zero-order valence-electron chi connectivity index (χ0n) is 8.64. The summed E-state index contributed by atoms with van der Waals surface area (Å²) in [5.74, 6) is 0.389. The van der Waals surface area contributed by atoms with E-state index in [0.29, 0.717) is 5.69 Å². The lowest BCUT2D eigenvalue weighted by Gasteiger charge is -2.03. The van der Waals surface area contributed by atoms with Crippen LogP contribution >= 0.6 is 0 Å². The maximum Gasteiger partial charge on any atom is 0.311 e. The molecule has 0 aliphatic rings. The minimum absolute atomic E-state index is 0.0378. The summed E-state index contributed by atoms with van der Waals surface area (Å²) in [4.78, 5) is 15.3. The van der Waals surface area contributed by atoms with Gasteiger partial charge in [-0.3, -0.25) is 4.79 Å². The third-order valence-corrected chi connectivity index (χ3v) is 1.97. The molecule has 0 aliphatic carbocycles. The van der Waals surface area contributed by atoms with Crippen molar-refractivity contribution < 1.29 is 13.9 Å². The number of amides is 1. The van der Waals surface area contributed by atoms with Crippen molar-refractivity contribution in [1.29, 1.82) is 0 Å². The van der Waals surface area contributed by atoms with E-state index < -0.39 is 0 Å². The Bertz CT molecular complexity index is 462. The van der Waals surface area contributed by atoms with E-state index in [0.717, 1.165) is 5.75 Å². The molecule has 82 valence electrons. The fraction of sp³-hybridized carbons (Fsp3) is 0.0909. The molecule has 2 aromatic rings. The fourth-order valence-electron chi connectivity index (χ4n) is 1.19. The van der Waals surface area contributed by atoms with Gasteiger partial charge in [0.1, 0.15) is 12.0 Å². The second-order valence-electron chi connectivity index (χ2n) is 3.02. The molecule has 5 heteroatoms. The van der Waals surface area contributed by atoms with Gasteiger partial charge in [-0.25, -0.2) is 4.98 Å². The van der Waals surface area contributed by atoms with Gasteiger partial charge in [-0.05, 0) is 24.3 Å². The first-order valence-corrected chi connectivity index (χ1v) is 4.64. The van der Waals surface area contributed by atoms with E-state index in [1.54, 1.807) is 31.4 Å². The summed E-state index contributed by atoms with van der Waals surface area (Å²) < 4.78 is 9.87. The Morgan fingerprint density at radius 3 is 2.69 bits per heavy atom. The molecule has 16 heavy (non-hydrogen) atoms. The normalized spacial score (nSPS) is 9.81. The number of ether oxygens (including phenoxy) is 1. The van der Waals surface area contributed by atoms with Gasteiger partial charge in [0.25, 0.3) is 5.89 Å². The van der Waals surface area contributed by atoms with Crippen LogP contribution in [0, 0.1) is 0 Å². The van der Waals surface area contributed by atoms with Crippen LogP contribution in [-0.2, 0) is 0 Å². The number of hydrogen-bond donors (Lipinski definition) is 1. The SMILES string of the molecule is COc1ccc(NC(=O)c2ncco2)cc1. The summed E-state index contributed by atoms with van der Waals surface area (Å²) in [6, 6.07) is 6.98. The number of carbonyl (C=O) groups excluding carboxylic acids is 1. The number of aromatic nitrogens is 1. The molecule has 5 nitrogen and oxygen atoms in total. The van der Waals surface area contributed by atoms with Crippen LogP contribution in [0.15, 0.2) is 41.1 Å². The number of methoxy groups -OCH3 is 1. The number of nitrogens with one attached hydrogen (secondary N) is 1. The first kappa shape index (κ1) is 10.2. The van der Waals surface area contributed by atoms with Crippen molar-refractivity contribution in [1.82, 2.24) is 4.98 Å². The topological polar surface area (TPSA) is 64.4 Å². The first-order chi connectivity index (χ1) is 7.79. The number of nitrogens with zero attached hydrogens (tertiary/aromatic N) is 1. The summed E-state index contributed by atoms with van der Waals surface area (Å²) in [5.41, 5.74) is 0.656. The van der Waals surface area contributed by atoms with Gasteiger partial charge in [0, 0.05) is 5.69 Å². The van der Waals surface area contributed by atoms with E-state index in [1.807, 2.05) is 0 Å². The molecule has 1 heterocycles. The van der Waals surface area contributed by atoms with E-state index >= 15 is 0 Å². The molecule has 1 amide bonds. The van der Waals surface area contributed by atoms with Crippen molar-refractivity contribution in [2.45, 2.75) is 0 Å². The molecule has 0 aliphatic heterocycles. The molecule has 1 aromatic heterocycles. The van der Waals surface area contributed by atoms with Crippen LogP contribution in [0.2, 0.25) is 0 Å². The lowest BCUT2D eigenvalue weighted by molar-refractivity contribution is 0.0990. The van der Waals surface area contributed by atoms with Crippen molar-refractivity contribution in [2.75, 3.05) is 12.4 Å². The second kappa shape index (κ2) is 4.48. The Morgan fingerprint density at radius 1 is 1.38 bits per heavy atom. The molecule has 0 saturated heterocycles. The number of benzene rings is 1. The predicted molar refractivity (Wildman–Crippen MR) is 57.5 cm³/mol. The van der Waals surface area contributed by atoms with E-state index in [2.05, 4.69) is 10.3 Å². The summed E-state index contributed by atoms with van der Waals surface area (Å²) >= 11 is 0. The van der Waals surface area contributed by atoms with Crippen molar-refractivity contribution >= 4 is 11.6 Å². The highest BCUT2D eigenvalue weighted by Crippen LogP contribution is 2.15. The molecule has 2 rings (SSSR count). The smallest absolute Gasteiger partial charge is 0.311 e. The van der Waals surface area contributed by atoms with Gasteiger partial charge in [0.05, 0.1) is 13.3 Å². The Kier molecular flexibility index (Phi) is 2.86. The van der Waals surface area contributed by atoms with Crippen LogP contribution in [0.4, 0.5) is 5.69 Å². The molecular formula is C11H10N2O3. The highest BCUT2D eigenvalue weighted by molar-refractivity contribution is 6.00. The van der Waals surface area contributed by atoms with E-state index in [-0.39, 0.29) is 11.8 Å². The van der Waals surface area contributed by atoms with E-state index in [9.17, 15) is 4.79 Å². The van der Waals surface area contributed by atoms with Gasteiger partial charge in [0.15, 0.2) is 0 Å². The molecule has 1 N–H and O–H groups in total. The Labute approximate surface area is 92.1 Å². The monoisotopic (exact) mass is 218 g/mol. The number of anilines is 1.